The summed E-state index contributed by atoms with van der Waals surface area (Å²) < 4.78 is 10.6. The van der Waals surface area contributed by atoms with Crippen LogP contribution in [0.3, 0.4) is 0 Å². The number of amides is 1. The number of carbonyl (C=O) groups is 1. The summed E-state index contributed by atoms with van der Waals surface area (Å²) in [5, 5.41) is 3.23. The van der Waals surface area contributed by atoms with Crippen LogP contribution in [0.15, 0.2) is 24.3 Å². The number of hydrogen-bond donors (Lipinski definition) is 1. The van der Waals surface area contributed by atoms with Crippen molar-refractivity contribution in [2.24, 2.45) is 5.92 Å². The first-order chi connectivity index (χ1) is 11.7. The molecule has 0 spiro atoms. The van der Waals surface area contributed by atoms with Crippen molar-refractivity contribution in [3.8, 4) is 5.75 Å². The highest BCUT2D eigenvalue weighted by atomic mass is 16.5. The van der Waals surface area contributed by atoms with Crippen molar-refractivity contribution in [2.75, 3.05) is 33.4 Å². The zero-order chi connectivity index (χ0) is 16.8. The molecule has 2 saturated heterocycles. The molecule has 3 rings (SSSR count). The lowest BCUT2D eigenvalue weighted by Crippen LogP contribution is -2.47. The van der Waals surface area contributed by atoms with Crippen molar-refractivity contribution in [3.05, 3.63) is 29.8 Å². The quantitative estimate of drug-likeness (QED) is 0.898. The van der Waals surface area contributed by atoms with E-state index in [0.717, 1.165) is 64.3 Å². The molecule has 132 valence electrons. The maximum absolute atomic E-state index is 12.6. The first kappa shape index (κ1) is 17.2. The zero-order valence-corrected chi connectivity index (χ0v) is 14.5. The molecule has 2 aliphatic heterocycles. The number of ether oxygens (including phenoxy) is 2. The molecule has 24 heavy (non-hydrogen) atoms. The number of piperidine rings is 1. The summed E-state index contributed by atoms with van der Waals surface area (Å²) in [7, 11) is 1.68. The highest BCUT2D eigenvalue weighted by Crippen LogP contribution is 2.20. The number of nitrogens with zero attached hydrogens (tertiary/aromatic N) is 1. The number of benzene rings is 1. The molecular weight excluding hydrogens is 304 g/mol. The molecule has 5 heteroatoms. The molecule has 5 nitrogen and oxygen atoms in total. The normalized spacial score (nSPS) is 23.0. The molecule has 1 unspecified atom stereocenters. The van der Waals surface area contributed by atoms with Crippen LogP contribution in [-0.2, 0) is 16.1 Å². The molecule has 1 N–H and O–H groups in total. The van der Waals surface area contributed by atoms with Crippen LogP contribution in [0.5, 0.6) is 5.75 Å². The summed E-state index contributed by atoms with van der Waals surface area (Å²) in [6.07, 6.45) is 3.96. The summed E-state index contributed by atoms with van der Waals surface area (Å²) in [6.45, 7) is 4.33. The van der Waals surface area contributed by atoms with E-state index < -0.39 is 0 Å². The van der Waals surface area contributed by atoms with Crippen LogP contribution in [0.25, 0.3) is 0 Å². The number of rotatable bonds is 5. The minimum Gasteiger partial charge on any atom is -0.497 e. The minimum atomic E-state index is 0.111. The van der Waals surface area contributed by atoms with E-state index in [0.29, 0.717) is 6.04 Å². The predicted molar refractivity (Wildman–Crippen MR) is 93.0 cm³/mol. The number of methoxy groups -OCH3 is 1. The van der Waals surface area contributed by atoms with Gasteiger partial charge in [-0.3, -0.25) is 9.69 Å². The zero-order valence-electron chi connectivity index (χ0n) is 14.5. The van der Waals surface area contributed by atoms with Gasteiger partial charge in [0.1, 0.15) is 5.75 Å². The Bertz CT molecular complexity index is 526. The Kier molecular flexibility index (Phi) is 6.10. The lowest BCUT2D eigenvalue weighted by Gasteiger charge is -2.33. The van der Waals surface area contributed by atoms with Gasteiger partial charge in [0.2, 0.25) is 5.91 Å². The Hall–Kier alpha value is -1.59. The van der Waals surface area contributed by atoms with Crippen LogP contribution in [-0.4, -0.2) is 50.3 Å². The average Bonchev–Trinajstić information content (AvgIpc) is 2.63. The van der Waals surface area contributed by atoms with Gasteiger partial charge in [0.15, 0.2) is 0 Å². The van der Waals surface area contributed by atoms with Gasteiger partial charge in [0, 0.05) is 32.3 Å². The first-order valence-electron chi connectivity index (χ1n) is 8.98. The maximum atomic E-state index is 12.6. The SMILES string of the molecule is COc1ccc(CN2CCCC(C(=O)NC3CCOCC3)C2)cc1. The molecule has 2 aliphatic rings. The molecule has 1 aromatic rings. The van der Waals surface area contributed by atoms with E-state index in [1.54, 1.807) is 7.11 Å². The molecule has 0 aromatic heterocycles. The van der Waals surface area contributed by atoms with Gasteiger partial charge in [-0.15, -0.1) is 0 Å². The van der Waals surface area contributed by atoms with Crippen LogP contribution in [0, 0.1) is 5.92 Å². The lowest BCUT2D eigenvalue weighted by molar-refractivity contribution is -0.128. The fraction of sp³-hybridized carbons (Fsp3) is 0.632. The summed E-state index contributed by atoms with van der Waals surface area (Å²) in [6, 6.07) is 8.49. The number of hydrogen-bond acceptors (Lipinski definition) is 4. The van der Waals surface area contributed by atoms with Crippen LogP contribution < -0.4 is 10.1 Å². The Morgan fingerprint density at radius 1 is 1.25 bits per heavy atom. The van der Waals surface area contributed by atoms with Gasteiger partial charge in [0.25, 0.3) is 0 Å². The van der Waals surface area contributed by atoms with Gasteiger partial charge in [0.05, 0.1) is 13.0 Å². The predicted octanol–water partition coefficient (Wildman–Crippen LogP) is 2.20. The molecule has 0 bridgehead atoms. The molecule has 1 amide bonds. The third-order valence-electron chi connectivity index (χ3n) is 5.01. The molecule has 1 aromatic carbocycles. The van der Waals surface area contributed by atoms with E-state index in [1.165, 1.54) is 5.56 Å². The monoisotopic (exact) mass is 332 g/mol. The first-order valence-corrected chi connectivity index (χ1v) is 8.98. The third kappa shape index (κ3) is 4.71. The summed E-state index contributed by atoms with van der Waals surface area (Å²) in [5.41, 5.74) is 1.27. The van der Waals surface area contributed by atoms with Crippen LogP contribution in [0.1, 0.15) is 31.2 Å². The van der Waals surface area contributed by atoms with E-state index in [4.69, 9.17) is 9.47 Å². The standard InChI is InChI=1S/C19H28N2O3/c1-23-18-6-4-15(5-7-18)13-21-10-2-3-16(14-21)19(22)20-17-8-11-24-12-9-17/h4-7,16-17H,2-3,8-14H2,1H3,(H,20,22). The molecule has 2 heterocycles. The van der Waals surface area contributed by atoms with Crippen LogP contribution >= 0.6 is 0 Å². The second-order valence-electron chi connectivity index (χ2n) is 6.82. The average molecular weight is 332 g/mol. The largest absolute Gasteiger partial charge is 0.497 e. The molecule has 0 aliphatic carbocycles. The van der Waals surface area contributed by atoms with Gasteiger partial charge in [-0.25, -0.2) is 0 Å². The number of carbonyl (C=O) groups excluding carboxylic acids is 1. The van der Waals surface area contributed by atoms with Gasteiger partial charge >= 0.3 is 0 Å². The second-order valence-corrected chi connectivity index (χ2v) is 6.82. The lowest BCUT2D eigenvalue weighted by atomic mass is 9.95. The van der Waals surface area contributed by atoms with Crippen molar-refractivity contribution in [1.29, 1.82) is 0 Å². The fourth-order valence-electron chi connectivity index (χ4n) is 3.56. The Labute approximate surface area is 144 Å². The van der Waals surface area contributed by atoms with E-state index in [2.05, 4.69) is 22.3 Å². The van der Waals surface area contributed by atoms with Crippen LogP contribution in [0.2, 0.25) is 0 Å². The molecule has 0 radical (unpaired) electrons. The van der Waals surface area contributed by atoms with Gasteiger partial charge in [-0.2, -0.15) is 0 Å². The van der Waals surface area contributed by atoms with Crippen molar-refractivity contribution in [1.82, 2.24) is 10.2 Å². The highest BCUT2D eigenvalue weighted by Gasteiger charge is 2.27. The Morgan fingerprint density at radius 2 is 2.00 bits per heavy atom. The maximum Gasteiger partial charge on any atom is 0.224 e. The molecule has 2 fully saturated rings. The smallest absolute Gasteiger partial charge is 0.224 e. The van der Waals surface area contributed by atoms with E-state index >= 15 is 0 Å². The topological polar surface area (TPSA) is 50.8 Å². The fourth-order valence-corrected chi connectivity index (χ4v) is 3.56. The Balaban J connectivity index is 1.50. The second kappa shape index (κ2) is 8.49. The highest BCUT2D eigenvalue weighted by molar-refractivity contribution is 5.79. The van der Waals surface area contributed by atoms with Crippen molar-refractivity contribution >= 4 is 5.91 Å². The van der Waals surface area contributed by atoms with E-state index in [1.807, 2.05) is 12.1 Å². The van der Waals surface area contributed by atoms with Crippen molar-refractivity contribution in [2.45, 2.75) is 38.3 Å². The third-order valence-corrected chi connectivity index (χ3v) is 5.01. The minimum absolute atomic E-state index is 0.111. The van der Waals surface area contributed by atoms with Crippen molar-refractivity contribution < 1.29 is 14.3 Å². The van der Waals surface area contributed by atoms with E-state index in [9.17, 15) is 4.79 Å². The van der Waals surface area contributed by atoms with Gasteiger partial charge in [-0.1, -0.05) is 12.1 Å². The van der Waals surface area contributed by atoms with Crippen molar-refractivity contribution in [3.63, 3.8) is 0 Å². The summed E-state index contributed by atoms with van der Waals surface area (Å²) >= 11 is 0. The summed E-state index contributed by atoms with van der Waals surface area (Å²) in [4.78, 5) is 14.9. The van der Waals surface area contributed by atoms with Gasteiger partial charge < -0.3 is 14.8 Å². The van der Waals surface area contributed by atoms with E-state index in [-0.39, 0.29) is 11.8 Å². The number of likely N-dealkylation sites (tertiary alicyclic amines) is 1. The van der Waals surface area contributed by atoms with Crippen LogP contribution in [0.4, 0.5) is 0 Å². The molecule has 1 atom stereocenters. The number of nitrogens with one attached hydrogen (secondary N) is 1. The molecular formula is C19H28N2O3. The summed E-state index contributed by atoms with van der Waals surface area (Å²) in [5.74, 6) is 1.22. The van der Waals surface area contributed by atoms with Gasteiger partial charge in [-0.05, 0) is 49.9 Å². The molecule has 0 saturated carbocycles. The Morgan fingerprint density at radius 3 is 2.71 bits per heavy atom.